The van der Waals surface area contributed by atoms with Gasteiger partial charge >= 0.3 is 0 Å². The number of anilines is 2. The number of rotatable bonds is 3. The van der Waals surface area contributed by atoms with E-state index in [1.54, 1.807) is 0 Å². The fourth-order valence-electron chi connectivity index (χ4n) is 4.21. The second kappa shape index (κ2) is 7.53. The van der Waals surface area contributed by atoms with Crippen LogP contribution in [0.1, 0.15) is 22.1 Å². The standard InChI is InChI=1S/C27H22N2O/c1-28-25-15-9-8-14-24(25)27(30)29(23-12-6-3-7-13-23)26(28)22-18-16-21(17-19-22)20-10-4-2-5-11-20/h2-19,26H,1H3. The second-order valence-corrected chi connectivity index (χ2v) is 7.50. The zero-order chi connectivity index (χ0) is 20.5. The smallest absolute Gasteiger partial charge is 0.262 e. The number of hydrogen-bond donors (Lipinski definition) is 0. The minimum absolute atomic E-state index is 0.0204. The summed E-state index contributed by atoms with van der Waals surface area (Å²) in [5.41, 5.74) is 5.98. The van der Waals surface area contributed by atoms with Crippen molar-refractivity contribution in [2.45, 2.75) is 6.17 Å². The van der Waals surface area contributed by atoms with Crippen molar-refractivity contribution in [3.63, 3.8) is 0 Å². The number of para-hydroxylation sites is 2. The Labute approximate surface area is 176 Å². The van der Waals surface area contributed by atoms with E-state index in [9.17, 15) is 4.79 Å². The lowest BCUT2D eigenvalue weighted by molar-refractivity contribution is 0.0969. The van der Waals surface area contributed by atoms with Crippen LogP contribution in [0, 0.1) is 0 Å². The largest absolute Gasteiger partial charge is 0.349 e. The van der Waals surface area contributed by atoms with Gasteiger partial charge in [0.1, 0.15) is 6.17 Å². The van der Waals surface area contributed by atoms with E-state index < -0.39 is 0 Å². The summed E-state index contributed by atoms with van der Waals surface area (Å²) in [6.07, 6.45) is -0.223. The lowest BCUT2D eigenvalue weighted by Gasteiger charge is -2.44. The fraction of sp³-hybridized carbons (Fsp3) is 0.0741. The van der Waals surface area contributed by atoms with Gasteiger partial charge in [-0.3, -0.25) is 9.69 Å². The third-order valence-corrected chi connectivity index (χ3v) is 5.69. The van der Waals surface area contributed by atoms with Gasteiger partial charge in [0.05, 0.1) is 11.3 Å². The summed E-state index contributed by atoms with van der Waals surface area (Å²) in [5, 5.41) is 0. The molecule has 0 radical (unpaired) electrons. The van der Waals surface area contributed by atoms with E-state index in [2.05, 4.69) is 48.3 Å². The molecule has 3 heteroatoms. The van der Waals surface area contributed by atoms with Crippen LogP contribution in [0.3, 0.4) is 0 Å². The third kappa shape index (κ3) is 3.05. The first-order valence-electron chi connectivity index (χ1n) is 10.1. The van der Waals surface area contributed by atoms with Crippen molar-refractivity contribution in [3.05, 3.63) is 120 Å². The topological polar surface area (TPSA) is 23.6 Å². The van der Waals surface area contributed by atoms with Gasteiger partial charge < -0.3 is 4.90 Å². The summed E-state index contributed by atoms with van der Waals surface area (Å²) in [5.74, 6) is 0.0204. The number of hydrogen-bond acceptors (Lipinski definition) is 2. The predicted molar refractivity (Wildman–Crippen MR) is 123 cm³/mol. The first-order valence-corrected chi connectivity index (χ1v) is 10.1. The van der Waals surface area contributed by atoms with Crippen LogP contribution in [0.25, 0.3) is 11.1 Å². The Morgan fingerprint density at radius 1 is 0.633 bits per heavy atom. The summed E-state index contributed by atoms with van der Waals surface area (Å²) in [6, 6.07) is 36.6. The number of carbonyl (C=O) groups is 1. The molecule has 1 unspecified atom stereocenters. The highest BCUT2D eigenvalue weighted by Crippen LogP contribution is 2.40. The van der Waals surface area contributed by atoms with Crippen LogP contribution in [-0.2, 0) is 0 Å². The van der Waals surface area contributed by atoms with Crippen LogP contribution in [0.5, 0.6) is 0 Å². The molecule has 1 amide bonds. The van der Waals surface area contributed by atoms with E-state index in [0.717, 1.165) is 28.1 Å². The summed E-state index contributed by atoms with van der Waals surface area (Å²) >= 11 is 0. The van der Waals surface area contributed by atoms with Gasteiger partial charge in [-0.05, 0) is 41.0 Å². The zero-order valence-electron chi connectivity index (χ0n) is 16.8. The van der Waals surface area contributed by atoms with Crippen LogP contribution in [0.4, 0.5) is 11.4 Å². The predicted octanol–water partition coefficient (Wildman–Crippen LogP) is 6.15. The van der Waals surface area contributed by atoms with Crippen LogP contribution < -0.4 is 9.80 Å². The molecule has 0 N–H and O–H groups in total. The van der Waals surface area contributed by atoms with Gasteiger partial charge in [0.25, 0.3) is 5.91 Å². The van der Waals surface area contributed by atoms with Crippen molar-refractivity contribution in [3.8, 4) is 11.1 Å². The molecule has 5 rings (SSSR count). The number of nitrogens with zero attached hydrogens (tertiary/aromatic N) is 2. The van der Waals surface area contributed by atoms with E-state index in [1.165, 1.54) is 5.56 Å². The Bertz CT molecular complexity index is 1170. The summed E-state index contributed by atoms with van der Waals surface area (Å²) in [4.78, 5) is 17.6. The quantitative estimate of drug-likeness (QED) is 0.419. The molecule has 30 heavy (non-hydrogen) atoms. The Balaban J connectivity index is 1.62. The highest BCUT2D eigenvalue weighted by atomic mass is 16.2. The van der Waals surface area contributed by atoms with Crippen LogP contribution >= 0.6 is 0 Å². The Morgan fingerprint density at radius 3 is 1.90 bits per heavy atom. The van der Waals surface area contributed by atoms with Crippen molar-refractivity contribution in [1.29, 1.82) is 0 Å². The second-order valence-electron chi connectivity index (χ2n) is 7.50. The average molecular weight is 390 g/mol. The minimum Gasteiger partial charge on any atom is -0.349 e. The van der Waals surface area contributed by atoms with Gasteiger partial charge in [-0.2, -0.15) is 0 Å². The highest BCUT2D eigenvalue weighted by molar-refractivity contribution is 6.12. The SMILES string of the molecule is CN1c2ccccc2C(=O)N(c2ccccc2)C1c1ccc(-c2ccccc2)cc1. The van der Waals surface area contributed by atoms with E-state index in [4.69, 9.17) is 0 Å². The molecule has 0 aliphatic carbocycles. The van der Waals surface area contributed by atoms with Crippen molar-refractivity contribution >= 4 is 17.3 Å². The Morgan fingerprint density at radius 2 is 1.20 bits per heavy atom. The molecule has 1 aliphatic heterocycles. The van der Waals surface area contributed by atoms with E-state index in [-0.39, 0.29) is 12.1 Å². The number of fused-ring (bicyclic) bond motifs is 1. The van der Waals surface area contributed by atoms with Crippen molar-refractivity contribution in [1.82, 2.24) is 0 Å². The van der Waals surface area contributed by atoms with Gasteiger partial charge in [-0.1, -0.05) is 84.9 Å². The molecule has 0 fully saturated rings. The third-order valence-electron chi connectivity index (χ3n) is 5.69. The van der Waals surface area contributed by atoms with Crippen LogP contribution in [0.2, 0.25) is 0 Å². The summed E-state index contributed by atoms with van der Waals surface area (Å²) < 4.78 is 0. The van der Waals surface area contributed by atoms with Crippen molar-refractivity contribution < 1.29 is 4.79 Å². The summed E-state index contributed by atoms with van der Waals surface area (Å²) in [6.45, 7) is 0. The zero-order valence-corrected chi connectivity index (χ0v) is 16.8. The molecule has 146 valence electrons. The normalized spacial score (nSPS) is 15.8. The molecule has 4 aromatic carbocycles. The fourth-order valence-corrected chi connectivity index (χ4v) is 4.21. The van der Waals surface area contributed by atoms with Gasteiger partial charge in [0, 0.05) is 12.7 Å². The average Bonchev–Trinajstić information content (AvgIpc) is 2.82. The highest BCUT2D eigenvalue weighted by Gasteiger charge is 2.37. The molecule has 0 aromatic heterocycles. The summed E-state index contributed by atoms with van der Waals surface area (Å²) in [7, 11) is 2.05. The Kier molecular flexibility index (Phi) is 4.56. The number of carbonyl (C=O) groups excluding carboxylic acids is 1. The van der Waals surface area contributed by atoms with Crippen molar-refractivity contribution in [2.24, 2.45) is 0 Å². The van der Waals surface area contributed by atoms with Gasteiger partial charge in [-0.25, -0.2) is 0 Å². The molecule has 1 heterocycles. The Hall–Kier alpha value is -3.85. The molecular weight excluding hydrogens is 368 g/mol. The lowest BCUT2D eigenvalue weighted by Crippen LogP contribution is -2.48. The van der Waals surface area contributed by atoms with Gasteiger partial charge in [-0.15, -0.1) is 0 Å². The molecular formula is C27H22N2O. The molecule has 1 aliphatic rings. The van der Waals surface area contributed by atoms with E-state index in [1.807, 2.05) is 77.7 Å². The maximum absolute atomic E-state index is 13.5. The lowest BCUT2D eigenvalue weighted by atomic mass is 9.98. The molecule has 0 spiro atoms. The molecule has 0 bridgehead atoms. The number of amides is 1. The minimum atomic E-state index is -0.223. The monoisotopic (exact) mass is 390 g/mol. The maximum atomic E-state index is 13.5. The van der Waals surface area contributed by atoms with Crippen LogP contribution in [0.15, 0.2) is 109 Å². The van der Waals surface area contributed by atoms with Crippen molar-refractivity contribution in [2.75, 3.05) is 16.8 Å². The number of benzene rings is 4. The van der Waals surface area contributed by atoms with E-state index in [0.29, 0.717) is 0 Å². The first-order chi connectivity index (χ1) is 14.7. The van der Waals surface area contributed by atoms with E-state index >= 15 is 0 Å². The molecule has 1 atom stereocenters. The molecule has 3 nitrogen and oxygen atoms in total. The van der Waals surface area contributed by atoms with Gasteiger partial charge in [0.2, 0.25) is 0 Å². The van der Waals surface area contributed by atoms with Crippen LogP contribution in [-0.4, -0.2) is 13.0 Å². The first kappa shape index (κ1) is 18.2. The molecule has 0 saturated carbocycles. The van der Waals surface area contributed by atoms with Gasteiger partial charge in [0.15, 0.2) is 0 Å². The maximum Gasteiger partial charge on any atom is 0.262 e. The molecule has 0 saturated heterocycles. The molecule has 4 aromatic rings.